The Bertz CT molecular complexity index is 841. The highest BCUT2D eigenvalue weighted by Gasteiger charge is 2.42. The van der Waals surface area contributed by atoms with E-state index in [0.29, 0.717) is 12.2 Å². The van der Waals surface area contributed by atoms with Crippen LogP contribution in [0.4, 0.5) is 4.39 Å². The summed E-state index contributed by atoms with van der Waals surface area (Å²) in [4.78, 5) is 2.58. The predicted octanol–water partition coefficient (Wildman–Crippen LogP) is 4.16. The fraction of sp³-hybridized carbons (Fsp3) is 0.478. The van der Waals surface area contributed by atoms with Gasteiger partial charge in [0.15, 0.2) is 0 Å². The molecule has 2 aliphatic heterocycles. The topological polar surface area (TPSA) is 41.9 Å². The number of likely N-dealkylation sites (tertiary alicyclic amines) is 1. The first-order valence-electron chi connectivity index (χ1n) is 10.3. The minimum absolute atomic E-state index is 0.308. The van der Waals surface area contributed by atoms with Gasteiger partial charge in [-0.05, 0) is 48.2 Å². The van der Waals surface area contributed by atoms with Crippen molar-refractivity contribution in [2.75, 3.05) is 13.1 Å². The van der Waals surface area contributed by atoms with E-state index in [1.807, 2.05) is 18.2 Å². The van der Waals surface area contributed by atoms with Gasteiger partial charge in [-0.3, -0.25) is 4.90 Å². The number of halogens is 1. The second-order valence-electron chi connectivity index (χ2n) is 8.24. The van der Waals surface area contributed by atoms with Crippen LogP contribution in [0.25, 0.3) is 0 Å². The number of nitrogens with zero attached hydrogens (tertiary/aromatic N) is 1. The van der Waals surface area contributed by atoms with E-state index < -0.39 is 11.9 Å². The Morgan fingerprint density at radius 2 is 1.75 bits per heavy atom. The molecule has 1 spiro atoms. The third-order valence-electron chi connectivity index (χ3n) is 6.52. The van der Waals surface area contributed by atoms with Gasteiger partial charge < -0.3 is 14.6 Å². The molecule has 0 radical (unpaired) electrons. The molecule has 1 saturated heterocycles. The van der Waals surface area contributed by atoms with Crippen LogP contribution in [0.1, 0.15) is 54.9 Å². The SMILES string of the molecule is OC(c1ccc(F)cc1)c1ccc2c(c1)COC1(CCN(C3CCC3)CC1)O2. The van der Waals surface area contributed by atoms with Crippen LogP contribution in [0.2, 0.25) is 0 Å². The zero-order chi connectivity index (χ0) is 19.1. The predicted molar refractivity (Wildman–Crippen MR) is 103 cm³/mol. The monoisotopic (exact) mass is 383 g/mol. The van der Waals surface area contributed by atoms with Crippen LogP contribution in [0.5, 0.6) is 5.75 Å². The lowest BCUT2D eigenvalue weighted by Gasteiger charge is -2.47. The van der Waals surface area contributed by atoms with Crippen LogP contribution in [0, 0.1) is 5.82 Å². The highest BCUT2D eigenvalue weighted by atomic mass is 19.1. The normalized spacial score (nSPS) is 22.9. The summed E-state index contributed by atoms with van der Waals surface area (Å²) in [5.41, 5.74) is 2.37. The molecule has 4 nitrogen and oxygen atoms in total. The van der Waals surface area contributed by atoms with Crippen molar-refractivity contribution in [1.29, 1.82) is 0 Å². The van der Waals surface area contributed by atoms with Crippen LogP contribution in [0.15, 0.2) is 42.5 Å². The van der Waals surface area contributed by atoms with E-state index in [1.54, 1.807) is 12.1 Å². The van der Waals surface area contributed by atoms with E-state index in [4.69, 9.17) is 9.47 Å². The molecule has 2 aromatic carbocycles. The van der Waals surface area contributed by atoms with Crippen molar-refractivity contribution in [3.8, 4) is 5.75 Å². The van der Waals surface area contributed by atoms with Crippen LogP contribution in [0.3, 0.4) is 0 Å². The number of ether oxygens (including phenoxy) is 2. The Kier molecular flexibility index (Phi) is 4.62. The van der Waals surface area contributed by atoms with Gasteiger partial charge in [-0.15, -0.1) is 0 Å². The highest BCUT2D eigenvalue weighted by molar-refractivity contribution is 5.41. The number of aliphatic hydroxyl groups excluding tert-OH is 1. The van der Waals surface area contributed by atoms with E-state index >= 15 is 0 Å². The van der Waals surface area contributed by atoms with Crippen molar-refractivity contribution < 1.29 is 19.0 Å². The third kappa shape index (κ3) is 3.32. The Morgan fingerprint density at radius 3 is 2.43 bits per heavy atom. The first-order valence-corrected chi connectivity index (χ1v) is 10.3. The van der Waals surface area contributed by atoms with E-state index in [1.165, 1.54) is 31.4 Å². The first-order chi connectivity index (χ1) is 13.6. The van der Waals surface area contributed by atoms with E-state index in [9.17, 15) is 9.50 Å². The molecule has 1 aliphatic carbocycles. The molecule has 0 amide bonds. The van der Waals surface area contributed by atoms with Gasteiger partial charge in [-0.2, -0.15) is 0 Å². The molecule has 2 aromatic rings. The Balaban J connectivity index is 1.29. The van der Waals surface area contributed by atoms with Crippen molar-refractivity contribution in [2.45, 2.75) is 56.6 Å². The minimum Gasteiger partial charge on any atom is -0.462 e. The van der Waals surface area contributed by atoms with Crippen molar-refractivity contribution >= 4 is 0 Å². The molecule has 148 valence electrons. The van der Waals surface area contributed by atoms with E-state index in [2.05, 4.69) is 4.90 Å². The molecule has 28 heavy (non-hydrogen) atoms. The molecule has 1 saturated carbocycles. The zero-order valence-corrected chi connectivity index (χ0v) is 15.9. The first kappa shape index (κ1) is 18.1. The smallest absolute Gasteiger partial charge is 0.213 e. The minimum atomic E-state index is -0.799. The quantitative estimate of drug-likeness (QED) is 0.864. The van der Waals surface area contributed by atoms with Crippen LogP contribution >= 0.6 is 0 Å². The maximum absolute atomic E-state index is 13.1. The number of fused-ring (bicyclic) bond motifs is 1. The number of aliphatic hydroxyl groups is 1. The molecular formula is C23H26FNO3. The molecule has 0 aromatic heterocycles. The molecule has 3 aliphatic rings. The summed E-state index contributed by atoms with van der Waals surface area (Å²) in [5.74, 6) is 0.0277. The molecule has 2 fully saturated rings. The number of benzene rings is 2. The molecule has 0 bridgehead atoms. The van der Waals surface area contributed by atoms with Gasteiger partial charge in [0.1, 0.15) is 17.7 Å². The summed E-state index contributed by atoms with van der Waals surface area (Å²) < 4.78 is 25.6. The second-order valence-corrected chi connectivity index (χ2v) is 8.24. The van der Waals surface area contributed by atoms with Gasteiger partial charge in [0.25, 0.3) is 0 Å². The summed E-state index contributed by atoms with van der Waals surface area (Å²) in [5, 5.41) is 10.6. The van der Waals surface area contributed by atoms with E-state index in [-0.39, 0.29) is 5.82 Å². The average Bonchev–Trinajstić information content (AvgIpc) is 2.68. The fourth-order valence-corrected chi connectivity index (χ4v) is 4.49. The van der Waals surface area contributed by atoms with Crippen molar-refractivity contribution in [1.82, 2.24) is 4.90 Å². The van der Waals surface area contributed by atoms with Crippen molar-refractivity contribution in [3.05, 3.63) is 65.0 Å². The maximum atomic E-state index is 13.1. The Labute approximate surface area is 164 Å². The second kappa shape index (κ2) is 7.14. The largest absolute Gasteiger partial charge is 0.462 e. The van der Waals surface area contributed by atoms with Gasteiger partial charge >= 0.3 is 0 Å². The number of piperidine rings is 1. The van der Waals surface area contributed by atoms with Crippen LogP contribution < -0.4 is 4.74 Å². The molecule has 5 heteroatoms. The lowest BCUT2D eigenvalue weighted by atomic mass is 9.89. The van der Waals surface area contributed by atoms with Crippen LogP contribution in [-0.4, -0.2) is 34.9 Å². The standard InChI is InChI=1S/C23H26FNO3/c24-19-7-4-16(5-8-19)22(26)17-6-9-21-18(14-17)15-27-23(28-21)10-12-25(13-11-23)20-2-1-3-20/h4-9,14,20,22,26H,1-3,10-13,15H2. The third-order valence-corrected chi connectivity index (χ3v) is 6.52. The van der Waals surface area contributed by atoms with Gasteiger partial charge in [0, 0.05) is 37.5 Å². The lowest BCUT2D eigenvalue weighted by Crippen LogP contribution is -2.54. The molecule has 2 heterocycles. The highest BCUT2D eigenvalue weighted by Crippen LogP contribution is 2.40. The van der Waals surface area contributed by atoms with Gasteiger partial charge in [-0.1, -0.05) is 24.6 Å². The molecule has 1 unspecified atom stereocenters. The fourth-order valence-electron chi connectivity index (χ4n) is 4.49. The molecular weight excluding hydrogens is 357 g/mol. The zero-order valence-electron chi connectivity index (χ0n) is 15.9. The van der Waals surface area contributed by atoms with Crippen molar-refractivity contribution in [3.63, 3.8) is 0 Å². The summed E-state index contributed by atoms with van der Waals surface area (Å²) in [6.45, 7) is 2.55. The molecule has 5 rings (SSSR count). The van der Waals surface area contributed by atoms with E-state index in [0.717, 1.165) is 48.8 Å². The number of hydrogen-bond acceptors (Lipinski definition) is 4. The number of rotatable bonds is 3. The van der Waals surface area contributed by atoms with Crippen molar-refractivity contribution in [2.24, 2.45) is 0 Å². The summed E-state index contributed by atoms with van der Waals surface area (Å²) in [6.07, 6.45) is 5.00. The summed E-state index contributed by atoms with van der Waals surface area (Å²) >= 11 is 0. The van der Waals surface area contributed by atoms with Gasteiger partial charge in [-0.25, -0.2) is 4.39 Å². The lowest BCUT2D eigenvalue weighted by molar-refractivity contribution is -0.231. The Morgan fingerprint density at radius 1 is 1.04 bits per heavy atom. The summed E-state index contributed by atoms with van der Waals surface area (Å²) in [6, 6.07) is 12.5. The number of hydrogen-bond donors (Lipinski definition) is 1. The molecule has 1 N–H and O–H groups in total. The van der Waals surface area contributed by atoms with Crippen LogP contribution in [-0.2, 0) is 11.3 Å². The Hall–Kier alpha value is -1.95. The average molecular weight is 383 g/mol. The summed E-state index contributed by atoms with van der Waals surface area (Å²) in [7, 11) is 0. The van der Waals surface area contributed by atoms with Gasteiger partial charge in [0.05, 0.1) is 6.61 Å². The molecule has 1 atom stereocenters. The van der Waals surface area contributed by atoms with Gasteiger partial charge in [0.2, 0.25) is 5.79 Å². The maximum Gasteiger partial charge on any atom is 0.213 e.